The summed E-state index contributed by atoms with van der Waals surface area (Å²) >= 11 is 0. The van der Waals surface area contributed by atoms with Crippen LogP contribution in [-0.2, 0) is 4.79 Å². The Labute approximate surface area is 69.5 Å². The van der Waals surface area contributed by atoms with Crippen LogP contribution < -0.4 is 0 Å². The Morgan fingerprint density at radius 2 is 1.73 bits per heavy atom. The summed E-state index contributed by atoms with van der Waals surface area (Å²) in [6, 6.07) is 0. The molecule has 1 nitrogen and oxygen atoms in total. The third kappa shape index (κ3) is 5.84. The van der Waals surface area contributed by atoms with Crippen molar-refractivity contribution in [2.45, 2.75) is 40.5 Å². The fraction of sp³-hybridized carbons (Fsp3) is 0.700. The molecule has 0 amide bonds. The number of allylic oxidation sites excluding steroid dienone is 1. The average molecular weight is 154 g/mol. The van der Waals surface area contributed by atoms with Gasteiger partial charge in [-0.3, -0.25) is 0 Å². The number of Topliss-reactive ketones (excluding diaryl/α,β-unsaturated/α-hetero) is 1. The summed E-state index contributed by atoms with van der Waals surface area (Å²) in [5.74, 6) is 0.260. The molecule has 0 saturated heterocycles. The first-order chi connectivity index (χ1) is 4.83. The van der Waals surface area contributed by atoms with E-state index in [1.54, 1.807) is 6.92 Å². The minimum atomic E-state index is 0.0949. The number of carbonyl (C=O) groups excluding carboxylic acids is 1. The number of hydrogen-bond acceptors (Lipinski definition) is 1. The van der Waals surface area contributed by atoms with Crippen LogP contribution in [0.5, 0.6) is 0 Å². The summed E-state index contributed by atoms with van der Waals surface area (Å²) in [6.45, 7) is 11.7. The van der Waals surface area contributed by atoms with E-state index in [-0.39, 0.29) is 11.2 Å². The topological polar surface area (TPSA) is 17.1 Å². The van der Waals surface area contributed by atoms with Crippen LogP contribution in [-0.4, -0.2) is 5.78 Å². The predicted octanol–water partition coefficient (Wildman–Crippen LogP) is 2.96. The molecule has 0 saturated carbocycles. The van der Waals surface area contributed by atoms with Crippen molar-refractivity contribution in [2.24, 2.45) is 5.41 Å². The summed E-state index contributed by atoms with van der Waals surface area (Å²) in [5, 5.41) is 0. The van der Waals surface area contributed by atoms with Gasteiger partial charge >= 0.3 is 0 Å². The van der Waals surface area contributed by atoms with Crippen molar-refractivity contribution < 1.29 is 4.79 Å². The van der Waals surface area contributed by atoms with Gasteiger partial charge in [0.25, 0.3) is 0 Å². The molecule has 0 spiro atoms. The highest BCUT2D eigenvalue weighted by molar-refractivity contribution is 5.76. The molecule has 0 unspecified atom stereocenters. The SMILES string of the molecule is C=C(C)CC(C)(C)CC(C)=O. The van der Waals surface area contributed by atoms with Gasteiger partial charge in [0, 0.05) is 6.42 Å². The van der Waals surface area contributed by atoms with E-state index in [1.165, 1.54) is 0 Å². The maximum atomic E-state index is 10.8. The van der Waals surface area contributed by atoms with Crippen molar-refractivity contribution in [1.29, 1.82) is 0 Å². The van der Waals surface area contributed by atoms with Crippen molar-refractivity contribution in [3.63, 3.8) is 0 Å². The Balaban J connectivity index is 3.99. The van der Waals surface area contributed by atoms with Gasteiger partial charge in [-0.1, -0.05) is 19.4 Å². The molecule has 0 aromatic rings. The van der Waals surface area contributed by atoms with Gasteiger partial charge in [-0.05, 0) is 25.7 Å². The van der Waals surface area contributed by atoms with Gasteiger partial charge in [0.15, 0.2) is 0 Å². The van der Waals surface area contributed by atoms with Gasteiger partial charge in [0.2, 0.25) is 0 Å². The van der Waals surface area contributed by atoms with Gasteiger partial charge in [-0.2, -0.15) is 0 Å². The second kappa shape index (κ2) is 3.70. The van der Waals surface area contributed by atoms with E-state index in [9.17, 15) is 4.79 Å². The molecule has 0 aromatic carbocycles. The van der Waals surface area contributed by atoms with E-state index in [0.717, 1.165) is 12.0 Å². The lowest BCUT2D eigenvalue weighted by Gasteiger charge is -2.22. The summed E-state index contributed by atoms with van der Waals surface area (Å²) < 4.78 is 0. The lowest BCUT2D eigenvalue weighted by Crippen LogP contribution is -2.15. The van der Waals surface area contributed by atoms with Crippen LogP contribution in [0.3, 0.4) is 0 Å². The van der Waals surface area contributed by atoms with Crippen LogP contribution in [0.4, 0.5) is 0 Å². The monoisotopic (exact) mass is 154 g/mol. The van der Waals surface area contributed by atoms with Crippen LogP contribution in [0.15, 0.2) is 12.2 Å². The van der Waals surface area contributed by atoms with E-state index in [1.807, 2.05) is 6.92 Å². The highest BCUT2D eigenvalue weighted by Crippen LogP contribution is 2.28. The van der Waals surface area contributed by atoms with Gasteiger partial charge in [-0.15, -0.1) is 6.58 Å². The second-order valence-corrected chi connectivity index (χ2v) is 4.18. The van der Waals surface area contributed by atoms with Crippen molar-refractivity contribution in [3.05, 3.63) is 12.2 Å². The molecule has 1 heteroatoms. The average Bonchev–Trinajstić information content (AvgIpc) is 1.53. The van der Waals surface area contributed by atoms with Crippen molar-refractivity contribution in [2.75, 3.05) is 0 Å². The maximum Gasteiger partial charge on any atom is 0.130 e. The summed E-state index contributed by atoms with van der Waals surface area (Å²) in [5.41, 5.74) is 1.24. The minimum Gasteiger partial charge on any atom is -0.300 e. The van der Waals surface area contributed by atoms with E-state index in [4.69, 9.17) is 0 Å². The van der Waals surface area contributed by atoms with Gasteiger partial charge in [-0.25, -0.2) is 0 Å². The Hall–Kier alpha value is -0.590. The first kappa shape index (κ1) is 10.4. The molecule has 11 heavy (non-hydrogen) atoms. The van der Waals surface area contributed by atoms with Crippen LogP contribution in [0.25, 0.3) is 0 Å². The van der Waals surface area contributed by atoms with Gasteiger partial charge < -0.3 is 4.79 Å². The smallest absolute Gasteiger partial charge is 0.130 e. The second-order valence-electron chi connectivity index (χ2n) is 4.18. The van der Waals surface area contributed by atoms with Crippen molar-refractivity contribution >= 4 is 5.78 Å². The van der Waals surface area contributed by atoms with E-state index in [2.05, 4.69) is 20.4 Å². The number of carbonyl (C=O) groups is 1. The predicted molar refractivity (Wildman–Crippen MR) is 48.5 cm³/mol. The Kier molecular flexibility index (Phi) is 3.50. The lowest BCUT2D eigenvalue weighted by atomic mass is 9.82. The Bertz CT molecular complexity index is 148. The summed E-state index contributed by atoms with van der Waals surface area (Å²) in [6.07, 6.45) is 1.59. The molecule has 0 N–H and O–H groups in total. The standard InChI is InChI=1S/C10H18O/c1-8(2)6-10(4,5)7-9(3)11/h1,6-7H2,2-5H3. The zero-order valence-corrected chi connectivity index (χ0v) is 8.03. The van der Waals surface area contributed by atoms with E-state index < -0.39 is 0 Å². The molecular weight excluding hydrogens is 136 g/mol. The molecule has 0 heterocycles. The molecule has 0 aliphatic heterocycles. The van der Waals surface area contributed by atoms with Crippen LogP contribution >= 0.6 is 0 Å². The van der Waals surface area contributed by atoms with Crippen LogP contribution in [0, 0.1) is 5.41 Å². The molecule has 0 rings (SSSR count). The first-order valence-electron chi connectivity index (χ1n) is 3.97. The van der Waals surface area contributed by atoms with Crippen molar-refractivity contribution in [1.82, 2.24) is 0 Å². The largest absolute Gasteiger partial charge is 0.300 e. The van der Waals surface area contributed by atoms with Crippen LogP contribution in [0.1, 0.15) is 40.5 Å². The molecule has 0 fully saturated rings. The lowest BCUT2D eigenvalue weighted by molar-refractivity contribution is -0.118. The molecule has 0 radical (unpaired) electrons. The van der Waals surface area contributed by atoms with Crippen LogP contribution in [0.2, 0.25) is 0 Å². The highest BCUT2D eigenvalue weighted by Gasteiger charge is 2.19. The van der Waals surface area contributed by atoms with E-state index in [0.29, 0.717) is 6.42 Å². The van der Waals surface area contributed by atoms with E-state index >= 15 is 0 Å². The van der Waals surface area contributed by atoms with Crippen molar-refractivity contribution in [3.8, 4) is 0 Å². The zero-order chi connectivity index (χ0) is 9.07. The Morgan fingerprint density at radius 3 is 2.00 bits per heavy atom. The molecule has 0 aliphatic carbocycles. The normalized spacial score (nSPS) is 11.3. The number of rotatable bonds is 4. The summed E-state index contributed by atoms with van der Waals surface area (Å²) in [4.78, 5) is 10.8. The minimum absolute atomic E-state index is 0.0949. The van der Waals surface area contributed by atoms with Gasteiger partial charge in [0.05, 0.1) is 0 Å². The third-order valence-corrected chi connectivity index (χ3v) is 1.51. The Morgan fingerprint density at radius 1 is 1.27 bits per heavy atom. The zero-order valence-electron chi connectivity index (χ0n) is 8.03. The molecule has 0 aromatic heterocycles. The fourth-order valence-corrected chi connectivity index (χ4v) is 1.55. The molecule has 0 atom stereocenters. The number of hydrogen-bond donors (Lipinski definition) is 0. The maximum absolute atomic E-state index is 10.8. The highest BCUT2D eigenvalue weighted by atomic mass is 16.1. The third-order valence-electron chi connectivity index (χ3n) is 1.51. The first-order valence-corrected chi connectivity index (χ1v) is 3.97. The molecular formula is C10H18O. The molecule has 0 bridgehead atoms. The van der Waals surface area contributed by atoms with Gasteiger partial charge in [0.1, 0.15) is 5.78 Å². The molecule has 64 valence electrons. The fourth-order valence-electron chi connectivity index (χ4n) is 1.55. The quantitative estimate of drug-likeness (QED) is 0.569. The molecule has 0 aliphatic rings. The summed E-state index contributed by atoms with van der Waals surface area (Å²) in [7, 11) is 0. The number of ketones is 1.